The van der Waals surface area contributed by atoms with Gasteiger partial charge < -0.3 is 10.1 Å². The minimum Gasteiger partial charge on any atom is -0.358 e. The van der Waals surface area contributed by atoms with Crippen molar-refractivity contribution in [3.63, 3.8) is 0 Å². The van der Waals surface area contributed by atoms with Gasteiger partial charge in [0.1, 0.15) is 6.23 Å². The zero-order valence-corrected chi connectivity index (χ0v) is 9.37. The van der Waals surface area contributed by atoms with E-state index in [1.54, 1.807) is 0 Å². The molecule has 2 saturated heterocycles. The molecule has 3 aliphatic rings. The molecule has 1 saturated carbocycles. The second kappa shape index (κ2) is 4.40. The molecule has 3 heteroatoms. The smallest absolute Gasteiger partial charge is 0.112 e. The topological polar surface area (TPSA) is 33.3 Å². The van der Waals surface area contributed by atoms with Crippen molar-refractivity contribution < 1.29 is 4.74 Å². The summed E-state index contributed by atoms with van der Waals surface area (Å²) in [7, 11) is 0. The van der Waals surface area contributed by atoms with Crippen LogP contribution >= 0.6 is 0 Å². The monoisotopic (exact) mass is 210 g/mol. The van der Waals surface area contributed by atoms with Crippen LogP contribution in [0.1, 0.15) is 38.5 Å². The second-order valence-electron chi connectivity index (χ2n) is 5.26. The molecule has 3 nitrogen and oxygen atoms in total. The third-order valence-corrected chi connectivity index (χ3v) is 4.17. The second-order valence-corrected chi connectivity index (χ2v) is 5.26. The first kappa shape index (κ1) is 10.1. The van der Waals surface area contributed by atoms with Gasteiger partial charge in [-0.2, -0.15) is 0 Å². The molecule has 3 rings (SSSR count). The summed E-state index contributed by atoms with van der Waals surface area (Å²) in [4.78, 5) is 0. The Kier molecular flexibility index (Phi) is 2.95. The van der Waals surface area contributed by atoms with E-state index in [2.05, 4.69) is 10.6 Å². The average molecular weight is 210 g/mol. The first-order valence-corrected chi connectivity index (χ1v) is 6.56. The van der Waals surface area contributed by atoms with E-state index in [1.165, 1.54) is 45.1 Å². The van der Waals surface area contributed by atoms with Gasteiger partial charge in [-0.15, -0.1) is 0 Å². The molecule has 4 atom stereocenters. The standard InChI is InChI=1S/C12H22N2O/c1-2-6-11-10(5-1)14-12(15-11)9-4-3-7-13-8-9/h9-14H,1-8H2. The van der Waals surface area contributed by atoms with E-state index in [1.807, 2.05) is 0 Å². The van der Waals surface area contributed by atoms with Crippen molar-refractivity contribution in [2.45, 2.75) is 56.9 Å². The van der Waals surface area contributed by atoms with Crippen LogP contribution in [0.2, 0.25) is 0 Å². The molecule has 0 aromatic heterocycles. The Balaban J connectivity index is 1.59. The molecule has 3 fully saturated rings. The molecule has 0 amide bonds. The van der Waals surface area contributed by atoms with Gasteiger partial charge in [-0.1, -0.05) is 12.8 Å². The Morgan fingerprint density at radius 3 is 2.73 bits per heavy atom. The average Bonchev–Trinajstić information content (AvgIpc) is 2.74. The van der Waals surface area contributed by atoms with E-state index >= 15 is 0 Å². The fourth-order valence-corrected chi connectivity index (χ4v) is 3.27. The minimum atomic E-state index is 0.339. The van der Waals surface area contributed by atoms with Crippen LogP contribution in [0.5, 0.6) is 0 Å². The third kappa shape index (κ3) is 2.05. The lowest BCUT2D eigenvalue weighted by atomic mass is 9.93. The lowest BCUT2D eigenvalue weighted by molar-refractivity contribution is -0.0113. The summed E-state index contributed by atoms with van der Waals surface area (Å²) in [6.07, 6.45) is 8.82. The molecule has 0 radical (unpaired) electrons. The van der Waals surface area contributed by atoms with E-state index in [0.29, 0.717) is 24.3 Å². The molecule has 0 bridgehead atoms. The van der Waals surface area contributed by atoms with E-state index in [0.717, 1.165) is 6.54 Å². The first-order chi connectivity index (χ1) is 7.43. The molecular formula is C12H22N2O. The molecule has 2 N–H and O–H groups in total. The van der Waals surface area contributed by atoms with Gasteiger partial charge in [0, 0.05) is 18.5 Å². The Bertz CT molecular complexity index is 202. The summed E-state index contributed by atoms with van der Waals surface area (Å²) in [5.41, 5.74) is 0. The number of nitrogens with one attached hydrogen (secondary N) is 2. The lowest BCUT2D eigenvalue weighted by Crippen LogP contribution is -2.43. The molecule has 0 aromatic carbocycles. The number of hydrogen-bond acceptors (Lipinski definition) is 3. The summed E-state index contributed by atoms with van der Waals surface area (Å²) in [5.74, 6) is 0.698. The van der Waals surface area contributed by atoms with Gasteiger partial charge in [-0.3, -0.25) is 5.32 Å². The van der Waals surface area contributed by atoms with Crippen LogP contribution in [0.25, 0.3) is 0 Å². The number of fused-ring (bicyclic) bond motifs is 1. The Morgan fingerprint density at radius 1 is 1.00 bits per heavy atom. The number of ether oxygens (including phenoxy) is 1. The highest BCUT2D eigenvalue weighted by atomic mass is 16.5. The maximum absolute atomic E-state index is 6.15. The highest BCUT2D eigenvalue weighted by molar-refractivity contribution is 4.91. The normalized spacial score (nSPS) is 46.4. The zero-order chi connectivity index (χ0) is 10.1. The Labute approximate surface area is 91.9 Å². The predicted octanol–water partition coefficient (Wildman–Crippen LogP) is 1.24. The maximum atomic E-state index is 6.15. The summed E-state index contributed by atoms with van der Waals surface area (Å²) < 4.78 is 6.15. The van der Waals surface area contributed by atoms with Crippen molar-refractivity contribution in [2.24, 2.45) is 5.92 Å². The van der Waals surface area contributed by atoms with Gasteiger partial charge in [0.15, 0.2) is 0 Å². The maximum Gasteiger partial charge on any atom is 0.112 e. The highest BCUT2D eigenvalue weighted by Gasteiger charge is 2.39. The molecule has 86 valence electrons. The van der Waals surface area contributed by atoms with Gasteiger partial charge in [0.25, 0.3) is 0 Å². The summed E-state index contributed by atoms with van der Waals surface area (Å²) in [6.45, 7) is 2.33. The minimum absolute atomic E-state index is 0.339. The van der Waals surface area contributed by atoms with E-state index in [9.17, 15) is 0 Å². The van der Waals surface area contributed by atoms with Gasteiger partial charge in [0.05, 0.1) is 6.10 Å². The van der Waals surface area contributed by atoms with Gasteiger partial charge in [-0.25, -0.2) is 0 Å². The first-order valence-electron chi connectivity index (χ1n) is 6.56. The molecule has 1 aliphatic carbocycles. The quantitative estimate of drug-likeness (QED) is 0.683. The molecule has 0 aromatic rings. The Morgan fingerprint density at radius 2 is 1.93 bits per heavy atom. The number of hydrogen-bond donors (Lipinski definition) is 2. The molecule has 15 heavy (non-hydrogen) atoms. The molecule has 0 spiro atoms. The van der Waals surface area contributed by atoms with E-state index < -0.39 is 0 Å². The largest absolute Gasteiger partial charge is 0.358 e. The van der Waals surface area contributed by atoms with Crippen molar-refractivity contribution in [1.82, 2.24) is 10.6 Å². The van der Waals surface area contributed by atoms with Crippen LogP contribution in [0.15, 0.2) is 0 Å². The number of piperidine rings is 1. The molecule has 2 aliphatic heterocycles. The molecule has 4 unspecified atom stereocenters. The van der Waals surface area contributed by atoms with Crippen molar-refractivity contribution in [1.29, 1.82) is 0 Å². The highest BCUT2D eigenvalue weighted by Crippen LogP contribution is 2.30. The summed E-state index contributed by atoms with van der Waals surface area (Å²) in [5, 5.41) is 7.17. The van der Waals surface area contributed by atoms with Crippen LogP contribution in [0.3, 0.4) is 0 Å². The van der Waals surface area contributed by atoms with Crippen molar-refractivity contribution >= 4 is 0 Å². The number of rotatable bonds is 1. The molecule has 2 heterocycles. The van der Waals surface area contributed by atoms with E-state index in [-0.39, 0.29) is 0 Å². The fraction of sp³-hybridized carbons (Fsp3) is 1.00. The SMILES string of the molecule is C1CNCC(C2NC3CCCCC3O2)C1. The zero-order valence-electron chi connectivity index (χ0n) is 9.37. The molecular weight excluding hydrogens is 188 g/mol. The van der Waals surface area contributed by atoms with Crippen molar-refractivity contribution in [2.75, 3.05) is 13.1 Å². The Hall–Kier alpha value is -0.120. The fourth-order valence-electron chi connectivity index (χ4n) is 3.27. The van der Waals surface area contributed by atoms with Crippen LogP contribution in [0.4, 0.5) is 0 Å². The van der Waals surface area contributed by atoms with Crippen molar-refractivity contribution in [3.05, 3.63) is 0 Å². The van der Waals surface area contributed by atoms with Crippen LogP contribution in [-0.4, -0.2) is 31.5 Å². The van der Waals surface area contributed by atoms with Crippen LogP contribution < -0.4 is 10.6 Å². The van der Waals surface area contributed by atoms with E-state index in [4.69, 9.17) is 4.74 Å². The predicted molar refractivity (Wildman–Crippen MR) is 59.6 cm³/mol. The summed E-state index contributed by atoms with van der Waals surface area (Å²) in [6, 6.07) is 0.658. The lowest BCUT2D eigenvalue weighted by Gasteiger charge is -2.27. The summed E-state index contributed by atoms with van der Waals surface area (Å²) >= 11 is 0. The van der Waals surface area contributed by atoms with Gasteiger partial charge >= 0.3 is 0 Å². The van der Waals surface area contributed by atoms with Gasteiger partial charge in [-0.05, 0) is 32.2 Å². The van der Waals surface area contributed by atoms with Crippen LogP contribution in [0, 0.1) is 5.92 Å². The van der Waals surface area contributed by atoms with Gasteiger partial charge in [0.2, 0.25) is 0 Å². The third-order valence-electron chi connectivity index (χ3n) is 4.17. The van der Waals surface area contributed by atoms with Crippen molar-refractivity contribution in [3.8, 4) is 0 Å². The van der Waals surface area contributed by atoms with Crippen LogP contribution in [-0.2, 0) is 4.74 Å².